The van der Waals surface area contributed by atoms with Crippen molar-refractivity contribution >= 4 is 22.9 Å². The molecule has 4 rings (SSSR count). The topological polar surface area (TPSA) is 64.6 Å². The number of ether oxygens (including phenoxy) is 2. The van der Waals surface area contributed by atoms with E-state index in [1.807, 2.05) is 55.5 Å². The number of thioether (sulfide) groups is 1. The number of rotatable bonds is 5. The standard InChI is InChI=1S/C21H21NO4S/c1-21(12-11-14-7-5-6-10-16(14)26-21)13-25-17(15-8-3-2-4-9-15)18-19(23)22-20(24)27-18/h2-10,17-18H,11-13H2,1H3,(H,22,23,24). The average Bonchev–Trinajstić information content (AvgIpc) is 3.00. The number of aryl methyl sites for hydroxylation is 1. The van der Waals surface area contributed by atoms with Crippen LogP contribution in [0.1, 0.15) is 30.6 Å². The molecule has 2 aliphatic rings. The quantitative estimate of drug-likeness (QED) is 0.849. The number of para-hydroxylation sites is 1. The van der Waals surface area contributed by atoms with E-state index in [2.05, 4.69) is 11.4 Å². The van der Waals surface area contributed by atoms with Gasteiger partial charge in [-0.3, -0.25) is 14.9 Å². The normalized spacial score (nSPS) is 25.4. The van der Waals surface area contributed by atoms with Gasteiger partial charge in [-0.1, -0.05) is 48.5 Å². The predicted molar refractivity (Wildman–Crippen MR) is 104 cm³/mol. The van der Waals surface area contributed by atoms with Crippen LogP contribution in [-0.2, 0) is 16.0 Å². The fourth-order valence-electron chi connectivity index (χ4n) is 3.46. The third-order valence-corrected chi connectivity index (χ3v) is 5.97. The van der Waals surface area contributed by atoms with Crippen molar-refractivity contribution in [3.8, 4) is 5.75 Å². The lowest BCUT2D eigenvalue weighted by molar-refractivity contribution is -0.123. The van der Waals surface area contributed by atoms with Gasteiger partial charge in [0.05, 0.1) is 6.61 Å². The van der Waals surface area contributed by atoms with Crippen molar-refractivity contribution in [2.75, 3.05) is 6.61 Å². The highest BCUT2D eigenvalue weighted by Gasteiger charge is 2.41. The van der Waals surface area contributed by atoms with Gasteiger partial charge in [-0.25, -0.2) is 0 Å². The molecule has 6 heteroatoms. The molecule has 1 saturated heterocycles. The molecule has 0 aliphatic carbocycles. The van der Waals surface area contributed by atoms with Gasteiger partial charge >= 0.3 is 0 Å². The van der Waals surface area contributed by atoms with Crippen molar-refractivity contribution in [3.63, 3.8) is 0 Å². The monoisotopic (exact) mass is 383 g/mol. The number of carbonyl (C=O) groups excluding carboxylic acids is 2. The molecule has 1 fully saturated rings. The highest BCUT2D eigenvalue weighted by Crippen LogP contribution is 2.37. The molecule has 0 saturated carbocycles. The van der Waals surface area contributed by atoms with Crippen LogP contribution in [0.25, 0.3) is 0 Å². The number of amides is 2. The minimum Gasteiger partial charge on any atom is -0.485 e. The first kappa shape index (κ1) is 18.1. The van der Waals surface area contributed by atoms with Gasteiger partial charge in [0.25, 0.3) is 5.24 Å². The summed E-state index contributed by atoms with van der Waals surface area (Å²) in [6.45, 7) is 2.36. The first-order valence-electron chi connectivity index (χ1n) is 8.99. The molecule has 1 N–H and O–H groups in total. The minimum atomic E-state index is -0.598. The molecule has 2 heterocycles. The van der Waals surface area contributed by atoms with Crippen molar-refractivity contribution in [1.29, 1.82) is 0 Å². The Balaban J connectivity index is 1.52. The van der Waals surface area contributed by atoms with Crippen molar-refractivity contribution in [2.24, 2.45) is 0 Å². The maximum atomic E-state index is 12.2. The summed E-state index contributed by atoms with van der Waals surface area (Å²) in [4.78, 5) is 23.9. The Hall–Kier alpha value is -2.31. The van der Waals surface area contributed by atoms with Crippen molar-refractivity contribution in [3.05, 3.63) is 65.7 Å². The third-order valence-electron chi connectivity index (χ3n) is 4.94. The number of carbonyl (C=O) groups is 2. The number of hydrogen-bond donors (Lipinski definition) is 1. The van der Waals surface area contributed by atoms with Gasteiger partial charge in [0.1, 0.15) is 22.7 Å². The fourth-order valence-corrected chi connectivity index (χ4v) is 4.38. The third kappa shape index (κ3) is 3.87. The van der Waals surface area contributed by atoms with Crippen LogP contribution in [0, 0.1) is 0 Å². The molecule has 2 amide bonds. The molecule has 5 nitrogen and oxygen atoms in total. The van der Waals surface area contributed by atoms with Crippen LogP contribution in [0.5, 0.6) is 5.75 Å². The highest BCUT2D eigenvalue weighted by atomic mass is 32.2. The highest BCUT2D eigenvalue weighted by molar-refractivity contribution is 8.15. The largest absolute Gasteiger partial charge is 0.485 e. The van der Waals surface area contributed by atoms with Gasteiger partial charge < -0.3 is 9.47 Å². The summed E-state index contributed by atoms with van der Waals surface area (Å²) in [5.41, 5.74) is 1.59. The van der Waals surface area contributed by atoms with Gasteiger partial charge in [0.15, 0.2) is 0 Å². The number of benzene rings is 2. The van der Waals surface area contributed by atoms with Crippen LogP contribution < -0.4 is 10.1 Å². The van der Waals surface area contributed by atoms with E-state index in [-0.39, 0.29) is 11.1 Å². The Labute approximate surface area is 162 Å². The zero-order valence-electron chi connectivity index (χ0n) is 15.0. The zero-order valence-corrected chi connectivity index (χ0v) is 15.8. The second-order valence-corrected chi connectivity index (χ2v) is 8.23. The zero-order chi connectivity index (χ0) is 18.9. The first-order valence-corrected chi connectivity index (χ1v) is 9.87. The Morgan fingerprint density at radius 3 is 2.67 bits per heavy atom. The molecule has 2 aromatic carbocycles. The summed E-state index contributed by atoms with van der Waals surface area (Å²) in [6, 6.07) is 17.6. The molecule has 2 aliphatic heterocycles. The van der Waals surface area contributed by atoms with Crippen LogP contribution in [0.4, 0.5) is 4.79 Å². The van der Waals surface area contributed by atoms with E-state index < -0.39 is 17.0 Å². The number of fused-ring (bicyclic) bond motifs is 1. The summed E-state index contributed by atoms with van der Waals surface area (Å²) in [5, 5.41) is 1.42. The Kier molecular flexibility index (Phi) is 4.93. The van der Waals surface area contributed by atoms with E-state index in [0.717, 1.165) is 35.9 Å². The lowest BCUT2D eigenvalue weighted by Crippen LogP contribution is -2.42. The molecule has 3 unspecified atom stereocenters. The van der Waals surface area contributed by atoms with Crippen LogP contribution in [-0.4, -0.2) is 28.6 Å². The lowest BCUT2D eigenvalue weighted by atomic mass is 9.93. The molecule has 0 radical (unpaired) electrons. The van der Waals surface area contributed by atoms with Crippen LogP contribution in [0.15, 0.2) is 54.6 Å². The number of hydrogen-bond acceptors (Lipinski definition) is 5. The summed E-state index contributed by atoms with van der Waals surface area (Å²) < 4.78 is 12.4. The van der Waals surface area contributed by atoms with Crippen molar-refractivity contribution in [2.45, 2.75) is 36.7 Å². The van der Waals surface area contributed by atoms with E-state index in [1.165, 1.54) is 5.56 Å². The second-order valence-electron chi connectivity index (χ2n) is 7.12. The lowest BCUT2D eigenvalue weighted by Gasteiger charge is -2.37. The Morgan fingerprint density at radius 1 is 1.19 bits per heavy atom. The summed E-state index contributed by atoms with van der Waals surface area (Å²) >= 11 is 0.985. The Bertz CT molecular complexity index is 856. The molecule has 27 heavy (non-hydrogen) atoms. The number of nitrogens with one attached hydrogen (secondary N) is 1. The second kappa shape index (κ2) is 7.37. The summed E-state index contributed by atoms with van der Waals surface area (Å²) in [7, 11) is 0. The summed E-state index contributed by atoms with van der Waals surface area (Å²) in [5.74, 6) is 0.577. The molecule has 0 spiro atoms. The van der Waals surface area contributed by atoms with Crippen molar-refractivity contribution in [1.82, 2.24) is 5.32 Å². The summed E-state index contributed by atoms with van der Waals surface area (Å²) in [6.07, 6.45) is 1.23. The SMILES string of the molecule is CC1(COC(c2ccccc2)C2SC(=O)NC2=O)CCc2ccccc2O1. The molecule has 3 atom stereocenters. The minimum absolute atomic E-state index is 0.307. The van der Waals surface area contributed by atoms with Gasteiger partial charge in [-0.15, -0.1) is 0 Å². The average molecular weight is 383 g/mol. The maximum absolute atomic E-state index is 12.2. The van der Waals surface area contributed by atoms with Crippen molar-refractivity contribution < 1.29 is 19.1 Å². The van der Waals surface area contributed by atoms with Crippen LogP contribution in [0.2, 0.25) is 0 Å². The van der Waals surface area contributed by atoms with E-state index in [1.54, 1.807) is 0 Å². The van der Waals surface area contributed by atoms with E-state index in [9.17, 15) is 9.59 Å². The van der Waals surface area contributed by atoms with Gasteiger partial charge in [-0.2, -0.15) is 0 Å². The van der Waals surface area contributed by atoms with E-state index in [4.69, 9.17) is 9.47 Å². The van der Waals surface area contributed by atoms with Crippen LogP contribution >= 0.6 is 11.8 Å². The molecule has 0 bridgehead atoms. The van der Waals surface area contributed by atoms with E-state index >= 15 is 0 Å². The molecule has 0 aromatic heterocycles. The van der Waals surface area contributed by atoms with Gasteiger partial charge in [-0.05, 0) is 48.7 Å². The first-order chi connectivity index (χ1) is 13.0. The molecule has 2 aromatic rings. The number of imide groups is 1. The maximum Gasteiger partial charge on any atom is 0.286 e. The molecular formula is C21H21NO4S. The van der Waals surface area contributed by atoms with Crippen LogP contribution in [0.3, 0.4) is 0 Å². The van der Waals surface area contributed by atoms with Gasteiger partial charge in [0.2, 0.25) is 5.91 Å². The molecular weight excluding hydrogens is 362 g/mol. The molecule has 140 valence electrons. The smallest absolute Gasteiger partial charge is 0.286 e. The predicted octanol–water partition coefficient (Wildman–Crippen LogP) is 3.88. The Morgan fingerprint density at radius 2 is 1.93 bits per heavy atom. The van der Waals surface area contributed by atoms with Gasteiger partial charge in [0, 0.05) is 0 Å². The fraction of sp³-hybridized carbons (Fsp3) is 0.333. The van der Waals surface area contributed by atoms with E-state index in [0.29, 0.717) is 6.61 Å².